The summed E-state index contributed by atoms with van der Waals surface area (Å²) in [5.41, 5.74) is 0.214. The molecule has 4 heteroatoms. The summed E-state index contributed by atoms with van der Waals surface area (Å²) in [6.07, 6.45) is 5.64. The van der Waals surface area contributed by atoms with Gasteiger partial charge < -0.3 is 5.32 Å². The molecule has 2 fully saturated rings. The third kappa shape index (κ3) is 3.43. The first kappa shape index (κ1) is 14.9. The van der Waals surface area contributed by atoms with Crippen LogP contribution in [0.3, 0.4) is 0 Å². The van der Waals surface area contributed by atoms with Crippen molar-refractivity contribution in [1.82, 2.24) is 10.2 Å². The number of nitrogens with one attached hydrogen (secondary N) is 1. The van der Waals surface area contributed by atoms with Crippen LogP contribution < -0.4 is 5.32 Å². The van der Waals surface area contributed by atoms with E-state index in [9.17, 15) is 8.78 Å². The van der Waals surface area contributed by atoms with Gasteiger partial charge in [-0.2, -0.15) is 8.78 Å². The van der Waals surface area contributed by atoms with Crippen molar-refractivity contribution in [2.45, 2.75) is 43.6 Å². The lowest BCUT2D eigenvalue weighted by Crippen LogP contribution is -2.50. The van der Waals surface area contributed by atoms with E-state index in [4.69, 9.17) is 0 Å². The Hall–Kier alpha value is -1.00. The molecule has 1 spiro atoms. The third-order valence-electron chi connectivity index (χ3n) is 4.86. The fourth-order valence-corrected chi connectivity index (χ4v) is 3.79. The molecule has 0 bridgehead atoms. The lowest BCUT2D eigenvalue weighted by atomic mass is 9.97. The smallest absolute Gasteiger partial charge is 0.285 e. The number of alkyl halides is 2. The minimum absolute atomic E-state index is 0.0866. The first-order valence-corrected chi connectivity index (χ1v) is 8.01. The molecule has 1 aliphatic heterocycles. The van der Waals surface area contributed by atoms with Crippen LogP contribution in [-0.2, 0) is 5.92 Å². The fourth-order valence-electron chi connectivity index (χ4n) is 3.79. The van der Waals surface area contributed by atoms with Gasteiger partial charge in [-0.1, -0.05) is 43.2 Å². The first-order valence-electron chi connectivity index (χ1n) is 8.01. The molecule has 1 N–H and O–H groups in total. The van der Waals surface area contributed by atoms with Crippen molar-refractivity contribution < 1.29 is 8.78 Å². The molecule has 1 aliphatic carbocycles. The van der Waals surface area contributed by atoms with Gasteiger partial charge in [-0.25, -0.2) is 0 Å². The molecule has 0 amide bonds. The van der Waals surface area contributed by atoms with Gasteiger partial charge in [0.1, 0.15) is 0 Å². The molecule has 0 radical (unpaired) electrons. The highest BCUT2D eigenvalue weighted by Crippen LogP contribution is 2.34. The van der Waals surface area contributed by atoms with Gasteiger partial charge in [0, 0.05) is 17.6 Å². The monoisotopic (exact) mass is 294 g/mol. The lowest BCUT2D eigenvalue weighted by molar-refractivity contribution is -0.0409. The molecule has 116 valence electrons. The van der Waals surface area contributed by atoms with Crippen LogP contribution in [0, 0.1) is 0 Å². The van der Waals surface area contributed by atoms with Crippen LogP contribution in [0.15, 0.2) is 30.3 Å². The Labute approximate surface area is 125 Å². The van der Waals surface area contributed by atoms with Crippen molar-refractivity contribution in [3.8, 4) is 0 Å². The minimum atomic E-state index is -2.77. The highest BCUT2D eigenvalue weighted by Gasteiger charge is 2.40. The highest BCUT2D eigenvalue weighted by molar-refractivity contribution is 5.20. The average molecular weight is 294 g/mol. The van der Waals surface area contributed by atoms with Crippen LogP contribution in [0.4, 0.5) is 8.78 Å². The Bertz CT molecular complexity index is 455. The van der Waals surface area contributed by atoms with Gasteiger partial charge in [0.25, 0.3) is 5.92 Å². The molecule has 21 heavy (non-hydrogen) atoms. The van der Waals surface area contributed by atoms with E-state index >= 15 is 0 Å². The van der Waals surface area contributed by atoms with Gasteiger partial charge in [0.05, 0.1) is 6.54 Å². The quantitative estimate of drug-likeness (QED) is 0.919. The van der Waals surface area contributed by atoms with Gasteiger partial charge in [0.15, 0.2) is 0 Å². The van der Waals surface area contributed by atoms with Gasteiger partial charge in [-0.05, 0) is 32.4 Å². The van der Waals surface area contributed by atoms with Crippen molar-refractivity contribution in [2.75, 3.05) is 26.2 Å². The van der Waals surface area contributed by atoms with E-state index in [1.54, 1.807) is 18.2 Å². The van der Waals surface area contributed by atoms with Gasteiger partial charge in [0.2, 0.25) is 0 Å². The zero-order valence-electron chi connectivity index (χ0n) is 12.5. The number of halogens is 2. The Morgan fingerprint density at radius 2 is 1.81 bits per heavy atom. The minimum Gasteiger partial charge on any atom is -0.310 e. The van der Waals surface area contributed by atoms with E-state index in [1.807, 2.05) is 4.90 Å². The van der Waals surface area contributed by atoms with E-state index < -0.39 is 5.92 Å². The van der Waals surface area contributed by atoms with E-state index in [-0.39, 0.29) is 17.6 Å². The first-order chi connectivity index (χ1) is 10.1. The lowest BCUT2D eigenvalue weighted by Gasteiger charge is -2.35. The maximum absolute atomic E-state index is 14.5. The SMILES string of the molecule is FC(F)(CN1CCCNC2(CCCC2)C1)c1ccccc1. The molecule has 0 aromatic heterocycles. The topological polar surface area (TPSA) is 15.3 Å². The van der Waals surface area contributed by atoms with Crippen molar-refractivity contribution >= 4 is 0 Å². The normalized spacial score (nSPS) is 23.3. The molecule has 0 unspecified atom stereocenters. The summed E-state index contributed by atoms with van der Waals surface area (Å²) in [6, 6.07) is 8.21. The fraction of sp³-hybridized carbons (Fsp3) is 0.647. The second kappa shape index (κ2) is 6.01. The van der Waals surface area contributed by atoms with Crippen LogP contribution in [0.5, 0.6) is 0 Å². The number of hydrogen-bond donors (Lipinski definition) is 1. The van der Waals surface area contributed by atoms with Crippen LogP contribution in [0.25, 0.3) is 0 Å². The van der Waals surface area contributed by atoms with E-state index in [0.29, 0.717) is 0 Å². The maximum Gasteiger partial charge on any atom is 0.285 e. The molecule has 1 heterocycles. The van der Waals surface area contributed by atoms with E-state index in [2.05, 4.69) is 5.32 Å². The second-order valence-corrected chi connectivity index (χ2v) is 6.55. The van der Waals surface area contributed by atoms with Crippen molar-refractivity contribution in [1.29, 1.82) is 0 Å². The molecular weight excluding hydrogens is 270 g/mol. The molecule has 1 saturated heterocycles. The zero-order valence-corrected chi connectivity index (χ0v) is 12.5. The maximum atomic E-state index is 14.5. The largest absolute Gasteiger partial charge is 0.310 e. The highest BCUT2D eigenvalue weighted by atomic mass is 19.3. The van der Waals surface area contributed by atoms with Crippen LogP contribution in [0.1, 0.15) is 37.7 Å². The summed E-state index contributed by atoms with van der Waals surface area (Å²) in [5.74, 6) is -2.77. The summed E-state index contributed by atoms with van der Waals surface area (Å²) < 4.78 is 29.0. The summed E-state index contributed by atoms with van der Waals surface area (Å²) in [6.45, 7) is 2.31. The summed E-state index contributed by atoms with van der Waals surface area (Å²) >= 11 is 0. The van der Waals surface area contributed by atoms with Crippen LogP contribution in [-0.4, -0.2) is 36.6 Å². The zero-order chi connectivity index (χ0) is 14.8. The third-order valence-corrected chi connectivity index (χ3v) is 4.86. The van der Waals surface area contributed by atoms with Crippen molar-refractivity contribution in [2.24, 2.45) is 0 Å². The number of rotatable bonds is 3. The van der Waals surface area contributed by atoms with E-state index in [0.717, 1.165) is 38.9 Å². The van der Waals surface area contributed by atoms with Crippen LogP contribution >= 0.6 is 0 Å². The summed E-state index contributed by atoms with van der Waals surface area (Å²) in [4.78, 5) is 1.97. The molecule has 0 atom stereocenters. The molecular formula is C17H24F2N2. The summed E-state index contributed by atoms with van der Waals surface area (Å²) in [7, 11) is 0. The predicted molar refractivity (Wildman–Crippen MR) is 80.6 cm³/mol. The second-order valence-electron chi connectivity index (χ2n) is 6.55. The van der Waals surface area contributed by atoms with E-state index in [1.165, 1.54) is 25.0 Å². The Balaban J connectivity index is 1.71. The van der Waals surface area contributed by atoms with Crippen molar-refractivity contribution in [3.63, 3.8) is 0 Å². The number of nitrogens with zero attached hydrogens (tertiary/aromatic N) is 1. The van der Waals surface area contributed by atoms with Crippen molar-refractivity contribution in [3.05, 3.63) is 35.9 Å². The summed E-state index contributed by atoms with van der Waals surface area (Å²) in [5, 5.41) is 3.63. The van der Waals surface area contributed by atoms with Crippen LogP contribution in [0.2, 0.25) is 0 Å². The van der Waals surface area contributed by atoms with Gasteiger partial charge >= 0.3 is 0 Å². The molecule has 2 aliphatic rings. The molecule has 1 aromatic rings. The average Bonchev–Trinajstić information content (AvgIpc) is 2.83. The molecule has 1 aromatic carbocycles. The Kier molecular flexibility index (Phi) is 4.27. The van der Waals surface area contributed by atoms with Gasteiger partial charge in [-0.3, -0.25) is 4.90 Å². The predicted octanol–water partition coefficient (Wildman–Crippen LogP) is 3.39. The number of hydrogen-bond acceptors (Lipinski definition) is 2. The Morgan fingerprint density at radius 1 is 1.10 bits per heavy atom. The Morgan fingerprint density at radius 3 is 2.52 bits per heavy atom. The number of benzene rings is 1. The molecule has 1 saturated carbocycles. The molecule has 3 rings (SSSR count). The van der Waals surface area contributed by atoms with Gasteiger partial charge in [-0.15, -0.1) is 0 Å². The molecule has 2 nitrogen and oxygen atoms in total. The standard InChI is InChI=1S/C17H24F2N2/c18-17(19,15-7-2-1-3-8-15)14-21-12-6-11-20-16(13-21)9-4-5-10-16/h1-3,7-8,20H,4-6,9-14H2.